The Morgan fingerprint density at radius 1 is 0.236 bits per heavy atom. The molecule has 0 spiro atoms. The van der Waals surface area contributed by atoms with Crippen molar-refractivity contribution >= 4 is 77.7 Å². The number of hydrogen-bond donors (Lipinski definition) is 0. The van der Waals surface area contributed by atoms with Crippen LogP contribution >= 0.6 is 0 Å². The van der Waals surface area contributed by atoms with E-state index in [1.165, 1.54) is 54.7 Å². The quantitative estimate of drug-likeness (QED) is 0.136. The molecule has 0 fully saturated rings. The van der Waals surface area contributed by atoms with Crippen molar-refractivity contribution in [3.05, 3.63) is 278 Å². The zero-order chi connectivity index (χ0) is 48.1. The minimum Gasteiger partial charge on any atom is -0.310 e. The maximum Gasteiger partial charge on any atom is 0.0542 e. The Morgan fingerprint density at radius 2 is 0.597 bits per heavy atom. The second-order valence-electron chi connectivity index (χ2n) is 18.8. The van der Waals surface area contributed by atoms with Crippen LogP contribution in [0.3, 0.4) is 0 Å². The van der Waals surface area contributed by atoms with E-state index < -0.39 is 0 Å². The van der Waals surface area contributed by atoms with E-state index in [0.29, 0.717) is 0 Å². The molecule has 0 aliphatic rings. The standard InChI is InChI=1S/C68H50N4/c1-47-27-33-55(34-28-47)69(59-39-41-67-63(45-59)61-23-9-11-25-65(61)71(67)53-18-5-3-6-19-53)57-37-31-49(32-38-57)50-15-13-16-51(43-50)52-17-14-22-58(44-52)70(56-35-29-48(2)30-36-56)60-40-42-68-64(46-60)62-24-10-12-26-66(62)72(68)54-20-7-4-8-21-54/h3-46H,1-2H3. The molecule has 0 saturated carbocycles. The van der Waals surface area contributed by atoms with Crippen LogP contribution in [0.1, 0.15) is 11.1 Å². The first-order chi connectivity index (χ1) is 35.5. The third-order valence-electron chi connectivity index (χ3n) is 14.2. The molecule has 342 valence electrons. The third kappa shape index (κ3) is 7.58. The van der Waals surface area contributed by atoms with Gasteiger partial charge in [-0.3, -0.25) is 0 Å². The number of benzene rings is 11. The molecule has 0 unspecified atom stereocenters. The van der Waals surface area contributed by atoms with E-state index >= 15 is 0 Å². The fraction of sp³-hybridized carbons (Fsp3) is 0.0294. The Balaban J connectivity index is 0.859. The molecule has 0 saturated heterocycles. The summed E-state index contributed by atoms with van der Waals surface area (Å²) in [7, 11) is 0. The minimum absolute atomic E-state index is 1.09. The molecule has 0 radical (unpaired) electrons. The van der Waals surface area contributed by atoms with Crippen LogP contribution in [0, 0.1) is 13.8 Å². The highest BCUT2D eigenvalue weighted by Gasteiger charge is 2.20. The van der Waals surface area contributed by atoms with Gasteiger partial charge >= 0.3 is 0 Å². The van der Waals surface area contributed by atoms with Crippen LogP contribution in [0.5, 0.6) is 0 Å². The highest BCUT2D eigenvalue weighted by atomic mass is 15.1. The number of anilines is 6. The average molecular weight is 923 g/mol. The van der Waals surface area contributed by atoms with Crippen LogP contribution in [0.4, 0.5) is 34.1 Å². The van der Waals surface area contributed by atoms with Crippen molar-refractivity contribution in [2.45, 2.75) is 13.8 Å². The molecule has 13 aromatic rings. The molecule has 2 heterocycles. The highest BCUT2D eigenvalue weighted by molar-refractivity contribution is 6.12. The van der Waals surface area contributed by atoms with Gasteiger partial charge < -0.3 is 18.9 Å². The number of rotatable bonds is 10. The Bertz CT molecular complexity index is 4090. The lowest BCUT2D eigenvalue weighted by molar-refractivity contribution is 1.18. The molecule has 11 aromatic carbocycles. The van der Waals surface area contributed by atoms with E-state index in [1.807, 2.05) is 0 Å². The molecule has 0 N–H and O–H groups in total. The van der Waals surface area contributed by atoms with Gasteiger partial charge in [-0.25, -0.2) is 0 Å². The van der Waals surface area contributed by atoms with Crippen LogP contribution in [0.15, 0.2) is 267 Å². The topological polar surface area (TPSA) is 16.3 Å². The van der Waals surface area contributed by atoms with E-state index in [9.17, 15) is 0 Å². The SMILES string of the molecule is Cc1ccc(N(c2ccc(-c3cccc(-c4cccc(N(c5ccc(C)cc5)c5ccc6c(c5)c5ccccc5n6-c5ccccc5)c4)c3)cc2)c2ccc3c(c2)c2ccccc2n3-c2ccccc2)cc1. The Labute approximate surface area is 420 Å². The van der Waals surface area contributed by atoms with Gasteiger partial charge in [0, 0.05) is 67.0 Å². The monoisotopic (exact) mass is 922 g/mol. The van der Waals surface area contributed by atoms with Crippen LogP contribution in [0.2, 0.25) is 0 Å². The maximum absolute atomic E-state index is 2.39. The summed E-state index contributed by atoms with van der Waals surface area (Å²) in [6.45, 7) is 4.29. The first-order valence-electron chi connectivity index (χ1n) is 24.7. The van der Waals surface area contributed by atoms with Crippen molar-refractivity contribution in [1.29, 1.82) is 0 Å². The zero-order valence-corrected chi connectivity index (χ0v) is 40.2. The molecular formula is C68H50N4. The number of hydrogen-bond acceptors (Lipinski definition) is 2. The van der Waals surface area contributed by atoms with E-state index in [4.69, 9.17) is 0 Å². The summed E-state index contributed by atoms with van der Waals surface area (Å²) in [6, 6.07) is 97.2. The second kappa shape index (κ2) is 17.9. The summed E-state index contributed by atoms with van der Waals surface area (Å²) >= 11 is 0. The van der Waals surface area contributed by atoms with E-state index in [-0.39, 0.29) is 0 Å². The van der Waals surface area contributed by atoms with Gasteiger partial charge in [0.1, 0.15) is 0 Å². The summed E-state index contributed by atoms with van der Waals surface area (Å²) in [5, 5.41) is 4.90. The van der Waals surface area contributed by atoms with Crippen LogP contribution in [-0.2, 0) is 0 Å². The van der Waals surface area contributed by atoms with E-state index in [2.05, 4.69) is 300 Å². The summed E-state index contributed by atoms with van der Waals surface area (Å²) < 4.78 is 4.75. The summed E-state index contributed by atoms with van der Waals surface area (Å²) in [6.07, 6.45) is 0. The lowest BCUT2D eigenvalue weighted by Crippen LogP contribution is -2.10. The average Bonchev–Trinajstić information content (AvgIpc) is 3.95. The summed E-state index contributed by atoms with van der Waals surface area (Å²) in [5.74, 6) is 0. The van der Waals surface area contributed by atoms with Crippen molar-refractivity contribution in [2.24, 2.45) is 0 Å². The molecule has 4 heteroatoms. The predicted molar refractivity (Wildman–Crippen MR) is 305 cm³/mol. The summed E-state index contributed by atoms with van der Waals surface area (Å²) in [5.41, 5.74) is 20.8. The largest absolute Gasteiger partial charge is 0.310 e. The number of para-hydroxylation sites is 4. The molecule has 0 aliphatic carbocycles. The van der Waals surface area contributed by atoms with Gasteiger partial charge in [-0.05, 0) is 163 Å². The Morgan fingerprint density at radius 3 is 1.10 bits per heavy atom. The molecule has 0 atom stereocenters. The molecule has 0 aliphatic heterocycles. The van der Waals surface area contributed by atoms with Crippen LogP contribution < -0.4 is 9.80 Å². The Hall–Kier alpha value is -9.38. The first kappa shape index (κ1) is 42.7. The molecule has 0 bridgehead atoms. The van der Waals surface area contributed by atoms with Gasteiger partial charge in [0.25, 0.3) is 0 Å². The fourth-order valence-electron chi connectivity index (χ4n) is 10.7. The maximum atomic E-state index is 2.39. The van der Waals surface area contributed by atoms with Crippen molar-refractivity contribution in [3.63, 3.8) is 0 Å². The van der Waals surface area contributed by atoms with Crippen molar-refractivity contribution in [1.82, 2.24) is 9.13 Å². The predicted octanol–water partition coefficient (Wildman–Crippen LogP) is 18.8. The van der Waals surface area contributed by atoms with Crippen LogP contribution in [0.25, 0.3) is 77.2 Å². The number of nitrogens with zero attached hydrogens (tertiary/aromatic N) is 4. The number of aryl methyl sites for hydroxylation is 2. The van der Waals surface area contributed by atoms with Gasteiger partial charge in [-0.2, -0.15) is 0 Å². The molecule has 72 heavy (non-hydrogen) atoms. The first-order valence-corrected chi connectivity index (χ1v) is 24.7. The van der Waals surface area contributed by atoms with Gasteiger partial charge in [-0.15, -0.1) is 0 Å². The number of aromatic nitrogens is 2. The van der Waals surface area contributed by atoms with Crippen molar-refractivity contribution < 1.29 is 0 Å². The second-order valence-corrected chi connectivity index (χ2v) is 18.8. The van der Waals surface area contributed by atoms with Gasteiger partial charge in [0.05, 0.1) is 22.1 Å². The summed E-state index contributed by atoms with van der Waals surface area (Å²) in [4.78, 5) is 4.76. The molecule has 4 nitrogen and oxygen atoms in total. The van der Waals surface area contributed by atoms with Gasteiger partial charge in [0.2, 0.25) is 0 Å². The molecule has 0 amide bonds. The van der Waals surface area contributed by atoms with E-state index in [1.54, 1.807) is 0 Å². The lowest BCUT2D eigenvalue weighted by atomic mass is 9.98. The third-order valence-corrected chi connectivity index (χ3v) is 14.2. The lowest BCUT2D eigenvalue weighted by Gasteiger charge is -2.26. The minimum atomic E-state index is 1.09. The number of fused-ring (bicyclic) bond motifs is 6. The van der Waals surface area contributed by atoms with Crippen molar-refractivity contribution in [2.75, 3.05) is 9.80 Å². The molecule has 2 aromatic heterocycles. The molecule has 13 rings (SSSR count). The molecular weight excluding hydrogens is 873 g/mol. The zero-order valence-electron chi connectivity index (χ0n) is 40.2. The van der Waals surface area contributed by atoms with Crippen molar-refractivity contribution in [3.8, 4) is 33.6 Å². The van der Waals surface area contributed by atoms with Crippen LogP contribution in [-0.4, -0.2) is 9.13 Å². The highest BCUT2D eigenvalue weighted by Crippen LogP contribution is 2.43. The fourth-order valence-corrected chi connectivity index (χ4v) is 10.7. The Kier molecular flexibility index (Phi) is 10.6. The van der Waals surface area contributed by atoms with Gasteiger partial charge in [-0.1, -0.05) is 151 Å². The van der Waals surface area contributed by atoms with Gasteiger partial charge in [0.15, 0.2) is 0 Å². The normalized spacial score (nSPS) is 11.5. The smallest absolute Gasteiger partial charge is 0.0542 e. The van der Waals surface area contributed by atoms with E-state index in [0.717, 1.165) is 67.8 Å².